The minimum atomic E-state index is -0.825. The number of benzene rings is 2. The second-order valence-corrected chi connectivity index (χ2v) is 11.4. The standard InChI is InChI=1S/C33H46N4O4.ClH/c1-3-13-28(34-32(40)41-25-27-17-9-6-10-18-27)29-30(38)37(21-4-2)33(31(39)35-29)19-23-36(24-20-33)22-12-11-16-26-14-7-5-8-15-26;/h5-10,14-15,17-18,28-29H,3-4,11-13,16,19-25H2,1-2H3,(H,34,40)(H,35,39);1H/t28-,29-;/m1./s1. The summed E-state index contributed by atoms with van der Waals surface area (Å²) in [4.78, 5) is 44.6. The van der Waals surface area contributed by atoms with Gasteiger partial charge in [0, 0.05) is 19.6 Å². The molecule has 2 N–H and O–H groups in total. The van der Waals surface area contributed by atoms with E-state index >= 15 is 0 Å². The summed E-state index contributed by atoms with van der Waals surface area (Å²) in [5, 5.41) is 5.92. The van der Waals surface area contributed by atoms with Gasteiger partial charge in [-0.25, -0.2) is 4.79 Å². The molecule has 0 aromatic heterocycles. The van der Waals surface area contributed by atoms with E-state index in [1.54, 1.807) is 0 Å². The molecular formula is C33H47ClN4O4. The molecule has 0 saturated carbocycles. The Morgan fingerprint density at radius 3 is 2.21 bits per heavy atom. The van der Waals surface area contributed by atoms with Crippen molar-refractivity contribution in [1.29, 1.82) is 0 Å². The number of nitrogens with zero attached hydrogens (tertiary/aromatic N) is 2. The Balaban J connectivity index is 0.00000484. The smallest absolute Gasteiger partial charge is 0.407 e. The Labute approximate surface area is 257 Å². The van der Waals surface area contributed by atoms with Crippen LogP contribution in [-0.2, 0) is 27.4 Å². The first-order chi connectivity index (χ1) is 20.0. The molecule has 1 spiro atoms. The van der Waals surface area contributed by atoms with Gasteiger partial charge in [-0.3, -0.25) is 9.59 Å². The molecule has 2 atom stereocenters. The van der Waals surface area contributed by atoms with Crippen molar-refractivity contribution in [3.63, 3.8) is 0 Å². The van der Waals surface area contributed by atoms with Crippen molar-refractivity contribution in [3.05, 3.63) is 71.8 Å². The maximum Gasteiger partial charge on any atom is 0.407 e. The third-order valence-electron chi connectivity index (χ3n) is 8.44. The van der Waals surface area contributed by atoms with E-state index in [0.717, 1.165) is 57.3 Å². The predicted molar refractivity (Wildman–Crippen MR) is 167 cm³/mol. The first kappa shape index (κ1) is 33.4. The number of amides is 3. The maximum absolute atomic E-state index is 13.9. The summed E-state index contributed by atoms with van der Waals surface area (Å²) < 4.78 is 5.43. The summed E-state index contributed by atoms with van der Waals surface area (Å²) in [5.41, 5.74) is 1.43. The van der Waals surface area contributed by atoms with Gasteiger partial charge in [-0.1, -0.05) is 80.9 Å². The molecule has 0 radical (unpaired) electrons. The van der Waals surface area contributed by atoms with E-state index in [4.69, 9.17) is 4.74 Å². The van der Waals surface area contributed by atoms with Crippen LogP contribution in [0.5, 0.6) is 0 Å². The number of piperazine rings is 1. The lowest BCUT2D eigenvalue weighted by Gasteiger charge is -2.52. The molecule has 2 fully saturated rings. The van der Waals surface area contributed by atoms with Gasteiger partial charge in [-0.2, -0.15) is 0 Å². The summed E-state index contributed by atoms with van der Waals surface area (Å²) in [6.45, 7) is 7.29. The summed E-state index contributed by atoms with van der Waals surface area (Å²) >= 11 is 0. The number of piperidine rings is 1. The van der Waals surface area contributed by atoms with Gasteiger partial charge in [0.1, 0.15) is 18.2 Å². The average Bonchev–Trinajstić information content (AvgIpc) is 3.00. The minimum Gasteiger partial charge on any atom is -0.445 e. The number of carbonyl (C=O) groups is 3. The summed E-state index contributed by atoms with van der Waals surface area (Å²) in [6.07, 6.45) is 6.06. The van der Waals surface area contributed by atoms with E-state index in [1.807, 2.05) is 55.1 Å². The minimum absolute atomic E-state index is 0. The maximum atomic E-state index is 13.9. The van der Waals surface area contributed by atoms with E-state index in [-0.39, 0.29) is 30.8 Å². The van der Waals surface area contributed by atoms with E-state index in [9.17, 15) is 14.4 Å². The highest BCUT2D eigenvalue weighted by Crippen LogP contribution is 2.34. The molecule has 2 aromatic rings. The van der Waals surface area contributed by atoms with Crippen molar-refractivity contribution in [1.82, 2.24) is 20.4 Å². The first-order valence-corrected chi connectivity index (χ1v) is 15.3. The van der Waals surface area contributed by atoms with Crippen molar-refractivity contribution >= 4 is 30.3 Å². The van der Waals surface area contributed by atoms with E-state index in [2.05, 4.69) is 39.8 Å². The molecule has 2 aliphatic heterocycles. The molecule has 0 bridgehead atoms. The van der Waals surface area contributed by atoms with Gasteiger partial charge in [0.05, 0.1) is 6.04 Å². The molecule has 0 aliphatic carbocycles. The van der Waals surface area contributed by atoms with Gasteiger partial charge in [-0.05, 0) is 62.6 Å². The van der Waals surface area contributed by atoms with Gasteiger partial charge >= 0.3 is 6.09 Å². The largest absolute Gasteiger partial charge is 0.445 e. The lowest BCUT2D eigenvalue weighted by atomic mass is 9.80. The Bertz CT molecular complexity index is 1130. The van der Waals surface area contributed by atoms with Crippen LogP contribution in [-0.4, -0.2) is 71.5 Å². The van der Waals surface area contributed by atoms with Crippen LogP contribution in [0.3, 0.4) is 0 Å². The SMILES string of the molecule is CCC[C@@H](NC(=O)OCc1ccccc1)[C@H]1NC(=O)C2(CCN(CCCCc3ccccc3)CC2)N(CCC)C1=O.Cl. The van der Waals surface area contributed by atoms with Crippen molar-refractivity contribution in [2.24, 2.45) is 0 Å². The number of alkyl carbamates (subject to hydrolysis) is 1. The average molecular weight is 599 g/mol. The Kier molecular flexibility index (Phi) is 13.1. The number of hydrogen-bond donors (Lipinski definition) is 2. The molecule has 4 rings (SSSR count). The van der Waals surface area contributed by atoms with Crippen molar-refractivity contribution < 1.29 is 19.1 Å². The Hall–Kier alpha value is -3.10. The highest BCUT2D eigenvalue weighted by Gasteiger charge is 2.54. The Morgan fingerprint density at radius 2 is 1.60 bits per heavy atom. The third-order valence-corrected chi connectivity index (χ3v) is 8.44. The fourth-order valence-corrected chi connectivity index (χ4v) is 6.16. The van der Waals surface area contributed by atoms with Gasteiger partial charge in [0.25, 0.3) is 0 Å². The zero-order valence-corrected chi connectivity index (χ0v) is 25.9. The predicted octanol–water partition coefficient (Wildman–Crippen LogP) is 5.10. The summed E-state index contributed by atoms with van der Waals surface area (Å²) in [5.74, 6) is -0.204. The number of hydrogen-bond acceptors (Lipinski definition) is 5. The van der Waals surface area contributed by atoms with Crippen molar-refractivity contribution in [3.8, 4) is 0 Å². The molecule has 8 nitrogen and oxygen atoms in total. The van der Waals surface area contributed by atoms with Gasteiger partial charge in [0.15, 0.2) is 0 Å². The molecule has 2 aromatic carbocycles. The molecule has 42 heavy (non-hydrogen) atoms. The van der Waals surface area contributed by atoms with E-state index < -0.39 is 23.7 Å². The molecule has 3 amide bonds. The molecule has 2 heterocycles. The molecule has 2 aliphatic rings. The zero-order valence-electron chi connectivity index (χ0n) is 25.1. The highest BCUT2D eigenvalue weighted by atomic mass is 35.5. The number of carbonyl (C=O) groups excluding carboxylic acids is 3. The molecule has 9 heteroatoms. The fourth-order valence-electron chi connectivity index (χ4n) is 6.16. The molecule has 0 unspecified atom stereocenters. The number of unbranched alkanes of at least 4 members (excludes halogenated alkanes) is 1. The van der Waals surface area contributed by atoms with Crippen LogP contribution in [0.15, 0.2) is 60.7 Å². The summed E-state index contributed by atoms with van der Waals surface area (Å²) in [7, 11) is 0. The highest BCUT2D eigenvalue weighted by molar-refractivity contribution is 6.00. The van der Waals surface area contributed by atoms with Crippen molar-refractivity contribution in [2.45, 2.75) is 89.4 Å². The van der Waals surface area contributed by atoms with E-state index in [1.165, 1.54) is 5.56 Å². The molecular weight excluding hydrogens is 552 g/mol. The van der Waals surface area contributed by atoms with Crippen LogP contribution in [0.25, 0.3) is 0 Å². The zero-order chi connectivity index (χ0) is 29.1. The van der Waals surface area contributed by atoms with Crippen molar-refractivity contribution in [2.75, 3.05) is 26.2 Å². The first-order valence-electron chi connectivity index (χ1n) is 15.3. The number of ether oxygens (including phenoxy) is 1. The molecule has 230 valence electrons. The third kappa shape index (κ3) is 8.48. The quantitative estimate of drug-likeness (QED) is 0.313. The van der Waals surface area contributed by atoms with Gasteiger partial charge in [0.2, 0.25) is 11.8 Å². The lowest BCUT2D eigenvalue weighted by Crippen LogP contribution is -2.75. The number of likely N-dealkylation sites (tertiary alicyclic amines) is 1. The number of nitrogens with one attached hydrogen (secondary N) is 2. The summed E-state index contributed by atoms with van der Waals surface area (Å²) in [6, 6.07) is 18.7. The van der Waals surface area contributed by atoms with Gasteiger partial charge < -0.3 is 25.2 Å². The molecule has 2 saturated heterocycles. The van der Waals surface area contributed by atoms with Crippen LogP contribution in [0.4, 0.5) is 4.79 Å². The topological polar surface area (TPSA) is 91.0 Å². The van der Waals surface area contributed by atoms with E-state index in [0.29, 0.717) is 25.8 Å². The monoisotopic (exact) mass is 598 g/mol. The van der Waals surface area contributed by atoms with Crippen LogP contribution in [0.2, 0.25) is 0 Å². The number of halogens is 1. The number of rotatable bonds is 13. The fraction of sp³-hybridized carbons (Fsp3) is 0.545. The second kappa shape index (κ2) is 16.5. The second-order valence-electron chi connectivity index (χ2n) is 11.4. The van der Waals surface area contributed by atoms with Crippen LogP contribution in [0, 0.1) is 0 Å². The normalized spacial score (nSPS) is 19.1. The number of aryl methyl sites for hydroxylation is 1. The lowest BCUT2D eigenvalue weighted by molar-refractivity contribution is -0.162. The Morgan fingerprint density at radius 1 is 0.952 bits per heavy atom. The van der Waals surface area contributed by atoms with Crippen LogP contribution < -0.4 is 10.6 Å². The van der Waals surface area contributed by atoms with Crippen LogP contribution in [0.1, 0.15) is 69.9 Å². The van der Waals surface area contributed by atoms with Gasteiger partial charge in [-0.15, -0.1) is 12.4 Å². The van der Waals surface area contributed by atoms with Crippen LogP contribution >= 0.6 is 12.4 Å².